The van der Waals surface area contributed by atoms with E-state index in [4.69, 9.17) is 0 Å². The van der Waals surface area contributed by atoms with Gasteiger partial charge in [-0.3, -0.25) is 14.9 Å². The molecule has 3 nitrogen and oxygen atoms in total. The van der Waals surface area contributed by atoms with Crippen LogP contribution in [0.4, 0.5) is 0 Å². The molecule has 0 saturated heterocycles. The van der Waals surface area contributed by atoms with Crippen LogP contribution in [0.2, 0.25) is 0 Å². The second kappa shape index (κ2) is 3.91. The molecule has 2 amide bonds. The highest BCUT2D eigenvalue weighted by atomic mass is 127. The summed E-state index contributed by atoms with van der Waals surface area (Å²) in [6.07, 6.45) is 1.57. The Morgan fingerprint density at radius 2 is 1.93 bits per heavy atom. The van der Waals surface area contributed by atoms with Gasteiger partial charge in [0.1, 0.15) is 0 Å². The highest BCUT2D eigenvalue weighted by Gasteiger charge is 2.27. The van der Waals surface area contributed by atoms with Gasteiger partial charge in [-0.15, -0.1) is 24.0 Å². The van der Waals surface area contributed by atoms with Crippen molar-refractivity contribution in [2.75, 3.05) is 0 Å². The van der Waals surface area contributed by atoms with Crippen LogP contribution in [0.3, 0.4) is 0 Å². The molecule has 4 heteroatoms. The third-order valence-corrected chi connectivity index (χ3v) is 2.02. The third kappa shape index (κ3) is 1.45. The monoisotopic (exact) mass is 301 g/mol. The molecule has 0 atom stereocenters. The normalized spacial score (nSPS) is 12.9. The van der Waals surface area contributed by atoms with Crippen molar-refractivity contribution in [1.29, 1.82) is 0 Å². The van der Waals surface area contributed by atoms with Gasteiger partial charge < -0.3 is 0 Å². The summed E-state index contributed by atoms with van der Waals surface area (Å²) >= 11 is 0. The molecule has 72 valence electrons. The molecule has 1 heterocycles. The van der Waals surface area contributed by atoms with Crippen molar-refractivity contribution in [1.82, 2.24) is 5.32 Å². The maximum atomic E-state index is 11.3. The number of hydrogen-bond donors (Lipinski definition) is 1. The number of carbonyl (C=O) groups is 2. The summed E-state index contributed by atoms with van der Waals surface area (Å²) in [6, 6.07) is 5.11. The van der Waals surface area contributed by atoms with Gasteiger partial charge in [0.15, 0.2) is 0 Å². The summed E-state index contributed by atoms with van der Waals surface area (Å²) in [5, 5.41) is 2.23. The standard InChI is InChI=1S/C10H7NO2.HI/c1-2-6-4-3-5-7-8(6)10(13)11-9(7)12;/h2-5H,1H2,(H,11,12,13);1H. The number of benzene rings is 1. The first-order valence-corrected chi connectivity index (χ1v) is 3.85. The number of hydrogen-bond acceptors (Lipinski definition) is 2. The minimum atomic E-state index is -0.337. The predicted molar refractivity (Wildman–Crippen MR) is 63.7 cm³/mol. The molecule has 1 aliphatic heterocycles. The average Bonchev–Trinajstić information content (AvgIpc) is 2.43. The number of halogens is 1. The smallest absolute Gasteiger partial charge is 0.259 e. The Bertz CT molecular complexity index is 426. The van der Waals surface area contributed by atoms with E-state index in [9.17, 15) is 9.59 Å². The summed E-state index contributed by atoms with van der Waals surface area (Å²) in [4.78, 5) is 22.5. The SMILES string of the molecule is C=Cc1cccc2c1C(=O)NC2=O.I. The number of carbonyl (C=O) groups excluding carboxylic acids is 2. The lowest BCUT2D eigenvalue weighted by Crippen LogP contribution is -2.20. The van der Waals surface area contributed by atoms with Gasteiger partial charge in [-0.05, 0) is 11.6 Å². The second-order valence-corrected chi connectivity index (χ2v) is 2.76. The van der Waals surface area contributed by atoms with Crippen molar-refractivity contribution in [2.24, 2.45) is 0 Å². The summed E-state index contributed by atoms with van der Waals surface area (Å²) in [6.45, 7) is 3.58. The van der Waals surface area contributed by atoms with Crippen LogP contribution in [0.25, 0.3) is 6.08 Å². The van der Waals surface area contributed by atoms with E-state index in [1.54, 1.807) is 24.3 Å². The lowest BCUT2D eigenvalue weighted by atomic mass is 10.0. The van der Waals surface area contributed by atoms with Crippen LogP contribution in [-0.2, 0) is 0 Å². The molecule has 0 aromatic heterocycles. The first kappa shape index (κ1) is 10.9. The molecule has 0 unspecified atom stereocenters. The zero-order valence-corrected chi connectivity index (χ0v) is 9.57. The van der Waals surface area contributed by atoms with Crippen LogP contribution in [-0.4, -0.2) is 11.8 Å². The Labute approximate surface area is 98.2 Å². The first-order valence-electron chi connectivity index (χ1n) is 3.85. The van der Waals surface area contributed by atoms with Crippen LogP contribution in [0.5, 0.6) is 0 Å². The van der Waals surface area contributed by atoms with Crippen molar-refractivity contribution < 1.29 is 9.59 Å². The second-order valence-electron chi connectivity index (χ2n) is 2.76. The molecular formula is C10H8INO2. The van der Waals surface area contributed by atoms with Crippen LogP contribution in [0, 0.1) is 0 Å². The molecule has 0 fully saturated rings. The molecular weight excluding hydrogens is 293 g/mol. The van der Waals surface area contributed by atoms with Gasteiger partial charge in [-0.25, -0.2) is 0 Å². The number of fused-ring (bicyclic) bond motifs is 1. The molecule has 1 aliphatic rings. The lowest BCUT2D eigenvalue weighted by Gasteiger charge is -1.97. The van der Waals surface area contributed by atoms with Crippen molar-refractivity contribution in [3.63, 3.8) is 0 Å². The molecule has 0 radical (unpaired) electrons. The Morgan fingerprint density at radius 1 is 1.21 bits per heavy atom. The maximum absolute atomic E-state index is 11.3. The van der Waals surface area contributed by atoms with Gasteiger partial charge in [0.2, 0.25) is 0 Å². The highest BCUT2D eigenvalue weighted by molar-refractivity contribution is 14.0. The van der Waals surface area contributed by atoms with E-state index in [0.29, 0.717) is 16.7 Å². The minimum absolute atomic E-state index is 0. The van der Waals surface area contributed by atoms with Gasteiger partial charge in [0, 0.05) is 0 Å². The fourth-order valence-corrected chi connectivity index (χ4v) is 1.42. The van der Waals surface area contributed by atoms with Crippen LogP contribution < -0.4 is 5.32 Å². The Hall–Kier alpha value is -1.17. The van der Waals surface area contributed by atoms with E-state index in [-0.39, 0.29) is 35.8 Å². The zero-order chi connectivity index (χ0) is 9.42. The van der Waals surface area contributed by atoms with Gasteiger partial charge in [-0.1, -0.05) is 24.8 Å². The Balaban J connectivity index is 0.000000980. The molecule has 0 saturated carbocycles. The van der Waals surface area contributed by atoms with E-state index in [1.165, 1.54) is 0 Å². The van der Waals surface area contributed by atoms with Crippen LogP contribution in [0.1, 0.15) is 26.3 Å². The predicted octanol–water partition coefficient (Wildman–Crippen LogP) is 1.83. The molecule has 1 N–H and O–H groups in total. The Morgan fingerprint density at radius 3 is 2.57 bits per heavy atom. The molecule has 14 heavy (non-hydrogen) atoms. The van der Waals surface area contributed by atoms with E-state index in [0.717, 1.165) is 0 Å². The van der Waals surface area contributed by atoms with Crippen molar-refractivity contribution in [3.8, 4) is 0 Å². The first-order chi connectivity index (χ1) is 6.24. The molecule has 1 aromatic carbocycles. The van der Waals surface area contributed by atoms with E-state index >= 15 is 0 Å². The summed E-state index contributed by atoms with van der Waals surface area (Å²) in [5.74, 6) is -0.667. The fourth-order valence-electron chi connectivity index (χ4n) is 1.42. The minimum Gasteiger partial charge on any atom is -0.288 e. The molecule has 0 spiro atoms. The number of nitrogens with one attached hydrogen (secondary N) is 1. The third-order valence-electron chi connectivity index (χ3n) is 2.02. The molecule has 1 aromatic rings. The van der Waals surface area contributed by atoms with E-state index in [1.807, 2.05) is 0 Å². The summed E-state index contributed by atoms with van der Waals surface area (Å²) in [5.41, 5.74) is 1.56. The van der Waals surface area contributed by atoms with Gasteiger partial charge in [-0.2, -0.15) is 0 Å². The fraction of sp³-hybridized carbons (Fsp3) is 0. The van der Waals surface area contributed by atoms with Crippen molar-refractivity contribution in [2.45, 2.75) is 0 Å². The number of imide groups is 1. The van der Waals surface area contributed by atoms with Crippen LogP contribution in [0.15, 0.2) is 24.8 Å². The average molecular weight is 301 g/mol. The lowest BCUT2D eigenvalue weighted by molar-refractivity contribution is 0.0879. The quantitative estimate of drug-likeness (QED) is 0.635. The van der Waals surface area contributed by atoms with Crippen LogP contribution >= 0.6 is 24.0 Å². The molecule has 0 bridgehead atoms. The highest BCUT2D eigenvalue weighted by Crippen LogP contribution is 2.20. The number of amides is 2. The largest absolute Gasteiger partial charge is 0.288 e. The molecule has 2 rings (SSSR count). The van der Waals surface area contributed by atoms with E-state index in [2.05, 4.69) is 11.9 Å². The zero-order valence-electron chi connectivity index (χ0n) is 7.24. The van der Waals surface area contributed by atoms with E-state index < -0.39 is 0 Å². The van der Waals surface area contributed by atoms with Crippen molar-refractivity contribution in [3.05, 3.63) is 41.5 Å². The Kier molecular flexibility index (Phi) is 3.05. The summed E-state index contributed by atoms with van der Waals surface area (Å²) in [7, 11) is 0. The van der Waals surface area contributed by atoms with Gasteiger partial charge >= 0.3 is 0 Å². The topological polar surface area (TPSA) is 46.2 Å². The summed E-state index contributed by atoms with van der Waals surface area (Å²) < 4.78 is 0. The van der Waals surface area contributed by atoms with Crippen molar-refractivity contribution >= 4 is 41.9 Å². The number of rotatable bonds is 1. The molecule has 0 aliphatic carbocycles. The maximum Gasteiger partial charge on any atom is 0.259 e. The van der Waals surface area contributed by atoms with Gasteiger partial charge in [0.25, 0.3) is 11.8 Å². The van der Waals surface area contributed by atoms with Gasteiger partial charge in [0.05, 0.1) is 11.1 Å².